The van der Waals surface area contributed by atoms with Crippen molar-refractivity contribution in [2.24, 2.45) is 17.6 Å². The first-order chi connectivity index (χ1) is 12.7. The maximum atomic E-state index is 13.8. The number of nitriles is 1. The first kappa shape index (κ1) is 21.1. The van der Waals surface area contributed by atoms with Crippen molar-refractivity contribution >= 4 is 21.5 Å². The van der Waals surface area contributed by atoms with Crippen LogP contribution in [0.25, 0.3) is 0 Å². The molecule has 0 aliphatic carbocycles. The molecule has 2 rings (SSSR count). The summed E-state index contributed by atoms with van der Waals surface area (Å²) in [6.45, 7) is 5.85. The Morgan fingerprint density at radius 2 is 2.15 bits per heavy atom. The van der Waals surface area contributed by atoms with Crippen LogP contribution in [0.15, 0.2) is 29.2 Å². The molecular formula is C19H24N3O4S. The van der Waals surface area contributed by atoms with Gasteiger partial charge < -0.3 is 11.1 Å². The first-order valence-electron chi connectivity index (χ1n) is 8.81. The van der Waals surface area contributed by atoms with E-state index in [1.807, 2.05) is 6.07 Å². The van der Waals surface area contributed by atoms with Crippen LogP contribution in [-0.2, 0) is 19.4 Å². The van der Waals surface area contributed by atoms with Crippen molar-refractivity contribution in [3.05, 3.63) is 36.8 Å². The molecule has 0 saturated carbocycles. The molecule has 1 aliphatic rings. The predicted molar refractivity (Wildman–Crippen MR) is 100 cm³/mol. The van der Waals surface area contributed by atoms with Gasteiger partial charge in [0, 0.05) is 5.92 Å². The minimum Gasteiger partial charge on any atom is -0.368 e. The molecule has 145 valence electrons. The number of amides is 1. The number of nitrogens with one attached hydrogen (secondary N) is 1. The third-order valence-corrected chi connectivity index (χ3v) is 8.06. The maximum absolute atomic E-state index is 13.8. The summed E-state index contributed by atoms with van der Waals surface area (Å²) in [6, 6.07) is 7.51. The van der Waals surface area contributed by atoms with E-state index in [2.05, 4.69) is 12.2 Å². The van der Waals surface area contributed by atoms with Gasteiger partial charge in [0.2, 0.25) is 5.91 Å². The highest BCUT2D eigenvalue weighted by Crippen LogP contribution is 2.44. The van der Waals surface area contributed by atoms with Gasteiger partial charge in [-0.2, -0.15) is 5.26 Å². The van der Waals surface area contributed by atoms with Crippen molar-refractivity contribution in [2.75, 3.05) is 13.1 Å². The van der Waals surface area contributed by atoms with Gasteiger partial charge in [0.25, 0.3) is 0 Å². The highest BCUT2D eigenvalue weighted by Gasteiger charge is 2.61. The van der Waals surface area contributed by atoms with E-state index >= 15 is 0 Å². The van der Waals surface area contributed by atoms with E-state index in [0.717, 1.165) is 0 Å². The van der Waals surface area contributed by atoms with E-state index in [0.29, 0.717) is 13.0 Å². The average molecular weight is 390 g/mol. The molecule has 0 bridgehead atoms. The molecular weight excluding hydrogens is 366 g/mol. The van der Waals surface area contributed by atoms with Crippen LogP contribution < -0.4 is 11.1 Å². The smallest absolute Gasteiger partial charge is 0.240 e. The molecule has 1 heterocycles. The summed E-state index contributed by atoms with van der Waals surface area (Å²) in [7, 11) is -4.45. The van der Waals surface area contributed by atoms with Crippen LogP contribution in [-0.4, -0.2) is 37.9 Å². The molecule has 1 saturated heterocycles. The SMILES string of the molecule is [CH2]CC(C)C(C(N)=O)(C1CCCNCC1=O)S(=O)(=O)c1ccccc1C#N. The topological polar surface area (TPSA) is 130 Å². The quantitative estimate of drug-likeness (QED) is 0.745. The van der Waals surface area contributed by atoms with Crippen LogP contribution in [0.3, 0.4) is 0 Å². The number of rotatable bonds is 6. The van der Waals surface area contributed by atoms with Gasteiger partial charge in [-0.05, 0) is 43.9 Å². The summed E-state index contributed by atoms with van der Waals surface area (Å²) < 4.78 is 25.4. The van der Waals surface area contributed by atoms with Crippen molar-refractivity contribution in [1.29, 1.82) is 5.26 Å². The number of ketones is 1. The number of nitrogens with zero attached hydrogens (tertiary/aromatic N) is 1. The second-order valence-electron chi connectivity index (χ2n) is 6.80. The molecule has 7 nitrogen and oxygen atoms in total. The number of carbonyl (C=O) groups is 2. The number of Topliss-reactive ketones (excluding diaryl/α,β-unsaturated/α-hetero) is 1. The van der Waals surface area contributed by atoms with E-state index in [1.54, 1.807) is 6.92 Å². The van der Waals surface area contributed by atoms with Crippen molar-refractivity contribution in [2.45, 2.75) is 35.8 Å². The van der Waals surface area contributed by atoms with Gasteiger partial charge in [0.05, 0.1) is 17.0 Å². The first-order valence-corrected chi connectivity index (χ1v) is 10.3. The molecule has 1 aromatic rings. The Labute approximate surface area is 159 Å². The van der Waals surface area contributed by atoms with Gasteiger partial charge in [-0.15, -0.1) is 0 Å². The molecule has 3 N–H and O–H groups in total. The molecule has 27 heavy (non-hydrogen) atoms. The number of primary amides is 1. The Bertz CT molecular complexity index is 875. The second-order valence-corrected chi connectivity index (χ2v) is 8.92. The zero-order valence-corrected chi connectivity index (χ0v) is 16.1. The molecule has 1 radical (unpaired) electrons. The summed E-state index contributed by atoms with van der Waals surface area (Å²) in [5, 5.41) is 12.3. The number of hydrogen-bond donors (Lipinski definition) is 2. The zero-order valence-electron chi connectivity index (χ0n) is 15.3. The van der Waals surface area contributed by atoms with Crippen LogP contribution in [0.5, 0.6) is 0 Å². The third-order valence-electron chi connectivity index (χ3n) is 5.34. The lowest BCUT2D eigenvalue weighted by molar-refractivity contribution is -0.131. The van der Waals surface area contributed by atoms with Crippen molar-refractivity contribution in [3.63, 3.8) is 0 Å². The summed E-state index contributed by atoms with van der Waals surface area (Å²) in [4.78, 5) is 25.3. The fourth-order valence-electron chi connectivity index (χ4n) is 3.91. The molecule has 0 aromatic heterocycles. The largest absolute Gasteiger partial charge is 0.368 e. The molecule has 8 heteroatoms. The predicted octanol–water partition coefficient (Wildman–Crippen LogP) is 0.985. The van der Waals surface area contributed by atoms with Gasteiger partial charge in [-0.3, -0.25) is 9.59 Å². The van der Waals surface area contributed by atoms with Crippen LogP contribution in [0.4, 0.5) is 0 Å². The van der Waals surface area contributed by atoms with E-state index in [1.165, 1.54) is 24.3 Å². The van der Waals surface area contributed by atoms with E-state index in [4.69, 9.17) is 5.73 Å². The lowest BCUT2D eigenvalue weighted by Gasteiger charge is -2.40. The summed E-state index contributed by atoms with van der Waals surface area (Å²) in [5.41, 5.74) is 5.62. The standard InChI is InChI=1S/C19H24N3O4S/c1-3-13(2)19(18(21)24,15-8-6-10-22-12-16(15)23)27(25,26)17-9-5-4-7-14(17)11-20/h4-5,7,9,13,15,22H,1,3,6,8,10,12H2,2H3,(H2,21,24). The van der Waals surface area contributed by atoms with Crippen LogP contribution in [0, 0.1) is 30.1 Å². The van der Waals surface area contributed by atoms with Gasteiger partial charge in [-0.1, -0.05) is 26.0 Å². The molecule has 1 fully saturated rings. The minimum absolute atomic E-state index is 0.0288. The summed E-state index contributed by atoms with van der Waals surface area (Å²) in [5.74, 6) is -3.35. The third kappa shape index (κ3) is 3.37. The average Bonchev–Trinajstić information content (AvgIpc) is 2.86. The molecule has 0 spiro atoms. The molecule has 1 amide bonds. The maximum Gasteiger partial charge on any atom is 0.240 e. The Kier molecular flexibility index (Phi) is 6.39. The van der Waals surface area contributed by atoms with Crippen molar-refractivity contribution in [1.82, 2.24) is 5.32 Å². The van der Waals surface area contributed by atoms with Gasteiger partial charge in [0.1, 0.15) is 6.07 Å². The van der Waals surface area contributed by atoms with Crippen LogP contribution >= 0.6 is 0 Å². The number of sulfone groups is 1. The Balaban J connectivity index is 2.85. The number of hydrogen-bond acceptors (Lipinski definition) is 6. The number of benzene rings is 1. The Hall–Kier alpha value is -2.24. The van der Waals surface area contributed by atoms with Gasteiger partial charge in [-0.25, -0.2) is 8.42 Å². The number of nitrogens with two attached hydrogens (primary N) is 1. The normalized spacial score (nSPS) is 21.5. The van der Waals surface area contributed by atoms with E-state index in [-0.39, 0.29) is 35.6 Å². The van der Waals surface area contributed by atoms with E-state index < -0.39 is 32.3 Å². The zero-order chi connectivity index (χ0) is 20.2. The summed E-state index contributed by atoms with van der Waals surface area (Å²) >= 11 is 0. The molecule has 1 aliphatic heterocycles. The fraction of sp³-hybridized carbons (Fsp3) is 0.474. The Morgan fingerprint density at radius 1 is 1.48 bits per heavy atom. The number of carbonyl (C=O) groups excluding carboxylic acids is 2. The molecule has 1 aromatic carbocycles. The minimum atomic E-state index is -4.45. The van der Waals surface area contributed by atoms with Gasteiger partial charge in [0.15, 0.2) is 20.4 Å². The summed E-state index contributed by atoms with van der Waals surface area (Å²) in [6.07, 6.45) is 0.839. The Morgan fingerprint density at radius 3 is 2.74 bits per heavy atom. The monoisotopic (exact) mass is 390 g/mol. The van der Waals surface area contributed by atoms with Crippen molar-refractivity contribution < 1.29 is 18.0 Å². The highest BCUT2D eigenvalue weighted by atomic mass is 32.2. The lowest BCUT2D eigenvalue weighted by Crippen LogP contribution is -2.62. The fourth-order valence-corrected chi connectivity index (χ4v) is 6.47. The lowest BCUT2D eigenvalue weighted by atomic mass is 9.75. The van der Waals surface area contributed by atoms with Crippen LogP contribution in [0.2, 0.25) is 0 Å². The van der Waals surface area contributed by atoms with Crippen molar-refractivity contribution in [3.8, 4) is 6.07 Å². The van der Waals surface area contributed by atoms with Crippen LogP contribution in [0.1, 0.15) is 31.7 Å². The molecule has 3 unspecified atom stereocenters. The van der Waals surface area contributed by atoms with E-state index in [9.17, 15) is 23.3 Å². The highest BCUT2D eigenvalue weighted by molar-refractivity contribution is 7.93. The second kappa shape index (κ2) is 8.19. The van der Waals surface area contributed by atoms with Gasteiger partial charge >= 0.3 is 0 Å². The molecule has 3 atom stereocenters.